The van der Waals surface area contributed by atoms with Crippen molar-refractivity contribution in [2.75, 3.05) is 33.9 Å². The molecule has 166 valence electrons. The molecule has 2 heterocycles. The number of methoxy groups -OCH3 is 2. The van der Waals surface area contributed by atoms with Gasteiger partial charge in [0.2, 0.25) is 0 Å². The molecule has 0 aliphatic carbocycles. The topological polar surface area (TPSA) is 63.9 Å². The number of rotatable bonds is 6. The van der Waals surface area contributed by atoms with E-state index < -0.39 is 0 Å². The van der Waals surface area contributed by atoms with Crippen LogP contribution in [0.15, 0.2) is 23.2 Å². The van der Waals surface area contributed by atoms with E-state index in [1.165, 1.54) is 16.8 Å². The van der Waals surface area contributed by atoms with Crippen LogP contribution >= 0.6 is 24.0 Å². The first kappa shape index (κ1) is 24.3. The van der Waals surface area contributed by atoms with Gasteiger partial charge in [0.25, 0.3) is 0 Å². The normalized spacial score (nSPS) is 16.4. The summed E-state index contributed by atoms with van der Waals surface area (Å²) in [6.07, 6.45) is 1.08. The van der Waals surface area contributed by atoms with Gasteiger partial charge in [0.15, 0.2) is 5.96 Å². The quantitative estimate of drug-likeness (QED) is 0.353. The van der Waals surface area contributed by atoms with Crippen molar-refractivity contribution >= 4 is 29.9 Å². The van der Waals surface area contributed by atoms with Gasteiger partial charge in [-0.1, -0.05) is 0 Å². The first-order valence-electron chi connectivity index (χ1n) is 10.2. The van der Waals surface area contributed by atoms with E-state index in [1.54, 1.807) is 14.2 Å². The fraction of sp³-hybridized carbons (Fsp3) is 0.545. The molecule has 1 atom stereocenters. The zero-order valence-corrected chi connectivity index (χ0v) is 21.2. The van der Waals surface area contributed by atoms with Crippen molar-refractivity contribution in [2.45, 2.75) is 39.7 Å². The second-order valence-corrected chi connectivity index (χ2v) is 7.52. The van der Waals surface area contributed by atoms with Crippen molar-refractivity contribution < 1.29 is 9.47 Å². The first-order valence-corrected chi connectivity index (χ1v) is 10.2. The Bertz CT molecular complexity index is 858. The van der Waals surface area contributed by atoms with Crippen molar-refractivity contribution in [3.63, 3.8) is 0 Å². The molecule has 1 aliphatic rings. The van der Waals surface area contributed by atoms with Gasteiger partial charge in [0, 0.05) is 49.9 Å². The number of nitrogens with zero attached hydrogens (tertiary/aromatic N) is 4. The predicted molar refractivity (Wildman–Crippen MR) is 131 cm³/mol. The van der Waals surface area contributed by atoms with Crippen LogP contribution in [-0.2, 0) is 13.6 Å². The highest BCUT2D eigenvalue weighted by atomic mass is 127. The summed E-state index contributed by atoms with van der Waals surface area (Å²) < 4.78 is 12.8. The summed E-state index contributed by atoms with van der Waals surface area (Å²) in [6, 6.07) is 6.15. The van der Waals surface area contributed by atoms with Gasteiger partial charge >= 0.3 is 0 Å². The molecular formula is C22H34IN5O2. The van der Waals surface area contributed by atoms with Crippen molar-refractivity contribution in [2.24, 2.45) is 12.0 Å². The fourth-order valence-electron chi connectivity index (χ4n) is 3.92. The number of aromatic nitrogens is 2. The number of benzene rings is 1. The summed E-state index contributed by atoms with van der Waals surface area (Å²) in [5, 5.41) is 7.96. The summed E-state index contributed by atoms with van der Waals surface area (Å²) in [5.41, 5.74) is 4.67. The number of nitrogens with one attached hydrogen (secondary N) is 1. The van der Waals surface area contributed by atoms with Gasteiger partial charge in [-0.3, -0.25) is 4.68 Å². The van der Waals surface area contributed by atoms with Crippen LogP contribution in [0.4, 0.5) is 0 Å². The molecule has 0 bridgehead atoms. The molecule has 2 aromatic rings. The minimum Gasteiger partial charge on any atom is -0.497 e. The van der Waals surface area contributed by atoms with Crippen LogP contribution < -0.4 is 14.8 Å². The molecule has 1 saturated heterocycles. The first-order chi connectivity index (χ1) is 14.0. The average Bonchev–Trinajstić information content (AvgIpc) is 3.30. The number of guanidine groups is 1. The predicted octanol–water partition coefficient (Wildman–Crippen LogP) is 3.63. The molecule has 3 rings (SSSR count). The maximum Gasteiger partial charge on any atom is 0.194 e. The molecule has 1 unspecified atom stereocenters. The summed E-state index contributed by atoms with van der Waals surface area (Å²) in [7, 11) is 5.37. The molecule has 1 fully saturated rings. The number of halogens is 1. The van der Waals surface area contributed by atoms with Crippen molar-refractivity contribution in [1.29, 1.82) is 0 Å². The van der Waals surface area contributed by atoms with Crippen LogP contribution in [0, 0.1) is 13.8 Å². The van der Waals surface area contributed by atoms with Gasteiger partial charge in [-0.15, -0.1) is 24.0 Å². The van der Waals surface area contributed by atoms with Crippen LogP contribution in [0.3, 0.4) is 0 Å². The van der Waals surface area contributed by atoms with E-state index in [9.17, 15) is 0 Å². The molecule has 0 spiro atoms. The molecule has 0 amide bonds. The standard InChI is InChI=1S/C22H33N5O2.HI/c1-7-23-22(24-13-21-15(2)25-26(4)16(21)3)27-9-8-17(14-27)18-10-19(28-5)12-20(11-18)29-6;/h10-12,17H,7-9,13-14H2,1-6H3,(H,23,24);1H. The highest BCUT2D eigenvalue weighted by molar-refractivity contribution is 14.0. The van der Waals surface area contributed by atoms with E-state index >= 15 is 0 Å². The van der Waals surface area contributed by atoms with E-state index in [0.717, 1.165) is 49.2 Å². The Kier molecular flexibility index (Phi) is 8.81. The summed E-state index contributed by atoms with van der Waals surface area (Å²) >= 11 is 0. The largest absolute Gasteiger partial charge is 0.497 e. The van der Waals surface area contributed by atoms with Crippen molar-refractivity contribution in [3.05, 3.63) is 40.7 Å². The molecule has 7 nitrogen and oxygen atoms in total. The molecular weight excluding hydrogens is 493 g/mol. The number of likely N-dealkylation sites (tertiary alicyclic amines) is 1. The summed E-state index contributed by atoms with van der Waals surface area (Å²) in [5.74, 6) is 3.05. The number of ether oxygens (including phenoxy) is 2. The third-order valence-corrected chi connectivity index (χ3v) is 5.71. The lowest BCUT2D eigenvalue weighted by molar-refractivity contribution is 0.392. The number of hydrogen-bond donors (Lipinski definition) is 1. The van der Waals surface area contributed by atoms with Gasteiger partial charge in [-0.05, 0) is 44.9 Å². The smallest absolute Gasteiger partial charge is 0.194 e. The highest BCUT2D eigenvalue weighted by Gasteiger charge is 2.27. The zero-order valence-electron chi connectivity index (χ0n) is 18.9. The Morgan fingerprint density at radius 3 is 2.40 bits per heavy atom. The van der Waals surface area contributed by atoms with Gasteiger partial charge in [-0.25, -0.2) is 4.99 Å². The van der Waals surface area contributed by atoms with Crippen LogP contribution in [0.5, 0.6) is 11.5 Å². The SMILES string of the molecule is CCNC(=NCc1c(C)nn(C)c1C)N1CCC(c2cc(OC)cc(OC)c2)C1.I. The van der Waals surface area contributed by atoms with Gasteiger partial charge in [0.05, 0.1) is 26.5 Å². The third kappa shape index (κ3) is 5.39. The molecule has 0 saturated carbocycles. The molecule has 30 heavy (non-hydrogen) atoms. The molecule has 1 N–H and O–H groups in total. The number of hydrogen-bond acceptors (Lipinski definition) is 4. The van der Waals surface area contributed by atoms with Crippen LogP contribution in [0.2, 0.25) is 0 Å². The Morgan fingerprint density at radius 2 is 1.87 bits per heavy atom. The van der Waals surface area contributed by atoms with Crippen molar-refractivity contribution in [1.82, 2.24) is 20.0 Å². The third-order valence-electron chi connectivity index (χ3n) is 5.71. The van der Waals surface area contributed by atoms with Crippen LogP contribution in [0.25, 0.3) is 0 Å². The maximum absolute atomic E-state index is 5.44. The van der Waals surface area contributed by atoms with E-state index in [4.69, 9.17) is 14.5 Å². The monoisotopic (exact) mass is 527 g/mol. The lowest BCUT2D eigenvalue weighted by atomic mass is 9.98. The second kappa shape index (κ2) is 10.9. The Labute approximate surface area is 196 Å². The van der Waals surface area contributed by atoms with E-state index in [-0.39, 0.29) is 24.0 Å². The van der Waals surface area contributed by atoms with Crippen LogP contribution in [-0.4, -0.2) is 54.5 Å². The minimum atomic E-state index is 0. The highest BCUT2D eigenvalue weighted by Crippen LogP contribution is 2.33. The van der Waals surface area contributed by atoms with Gasteiger partial charge in [0.1, 0.15) is 11.5 Å². The maximum atomic E-state index is 5.44. The Hall–Kier alpha value is -1.97. The van der Waals surface area contributed by atoms with Crippen LogP contribution in [0.1, 0.15) is 41.8 Å². The number of aliphatic imine (C=N–C) groups is 1. The Balaban J connectivity index is 0.00000320. The molecule has 8 heteroatoms. The fourth-order valence-corrected chi connectivity index (χ4v) is 3.92. The molecule has 0 radical (unpaired) electrons. The summed E-state index contributed by atoms with van der Waals surface area (Å²) in [4.78, 5) is 7.27. The van der Waals surface area contributed by atoms with Gasteiger partial charge < -0.3 is 19.7 Å². The van der Waals surface area contributed by atoms with E-state index in [0.29, 0.717) is 12.5 Å². The van der Waals surface area contributed by atoms with Crippen molar-refractivity contribution in [3.8, 4) is 11.5 Å². The lowest BCUT2D eigenvalue weighted by Gasteiger charge is -2.22. The molecule has 1 aromatic carbocycles. The number of aryl methyl sites for hydroxylation is 2. The van der Waals surface area contributed by atoms with E-state index in [2.05, 4.69) is 41.3 Å². The second-order valence-electron chi connectivity index (χ2n) is 7.52. The minimum absolute atomic E-state index is 0. The van der Waals surface area contributed by atoms with Gasteiger partial charge in [-0.2, -0.15) is 5.10 Å². The average molecular weight is 527 g/mol. The lowest BCUT2D eigenvalue weighted by Crippen LogP contribution is -2.40. The van der Waals surface area contributed by atoms with E-state index in [1.807, 2.05) is 24.7 Å². The Morgan fingerprint density at radius 1 is 1.20 bits per heavy atom. The molecule has 1 aliphatic heterocycles. The zero-order chi connectivity index (χ0) is 21.0. The summed E-state index contributed by atoms with van der Waals surface area (Å²) in [6.45, 7) is 9.64. The molecule has 1 aromatic heterocycles.